The molecule has 0 saturated heterocycles. The summed E-state index contributed by atoms with van der Waals surface area (Å²) in [5, 5.41) is 0. The SMILES string of the molecule is COCCN(C)c1cnc(CN2C(=O)c3cccc(c3)S(=O)(=O)Nc3nc(cc(-c4c(C)cccc4C)n3)OC[C@H]2CC(C)(C)C)nc1. The first kappa shape index (κ1) is 34.7. The average Bonchev–Trinajstić information content (AvgIpc) is 3.03. The molecule has 0 radical (unpaired) electrons. The van der Waals surface area contributed by atoms with E-state index in [1.807, 2.05) is 44.0 Å². The van der Waals surface area contributed by atoms with Crippen molar-refractivity contribution in [3.63, 3.8) is 0 Å². The number of amides is 1. The number of ether oxygens (including phenoxy) is 2. The van der Waals surface area contributed by atoms with Crippen LogP contribution in [0.5, 0.6) is 5.88 Å². The van der Waals surface area contributed by atoms with Crippen LogP contribution in [0.25, 0.3) is 11.3 Å². The Morgan fingerprint density at radius 1 is 1.04 bits per heavy atom. The number of nitrogens with one attached hydrogen (secondary N) is 1. The smallest absolute Gasteiger partial charge is 0.264 e. The number of benzene rings is 2. The number of sulfonamides is 1. The van der Waals surface area contributed by atoms with Crippen LogP contribution in [0.4, 0.5) is 11.6 Å². The number of hydrogen-bond donors (Lipinski definition) is 1. The molecule has 0 unspecified atom stereocenters. The van der Waals surface area contributed by atoms with Gasteiger partial charge in [-0.25, -0.2) is 28.1 Å². The zero-order valence-corrected chi connectivity index (χ0v) is 29.3. The summed E-state index contributed by atoms with van der Waals surface area (Å²) in [5.41, 5.74) is 4.12. The van der Waals surface area contributed by atoms with E-state index in [1.54, 1.807) is 42.6 Å². The third-order valence-electron chi connectivity index (χ3n) is 8.11. The van der Waals surface area contributed by atoms with Gasteiger partial charge in [-0.3, -0.25) is 4.79 Å². The predicted molar refractivity (Wildman–Crippen MR) is 185 cm³/mol. The maximum absolute atomic E-state index is 14.4. The molecule has 1 aliphatic heterocycles. The van der Waals surface area contributed by atoms with Crippen molar-refractivity contribution in [2.24, 2.45) is 5.41 Å². The molecule has 254 valence electrons. The highest BCUT2D eigenvalue weighted by Crippen LogP contribution is 2.31. The van der Waals surface area contributed by atoms with Crippen molar-refractivity contribution in [1.82, 2.24) is 24.8 Å². The lowest BCUT2D eigenvalue weighted by atomic mass is 9.87. The van der Waals surface area contributed by atoms with Gasteiger partial charge < -0.3 is 19.3 Å². The highest BCUT2D eigenvalue weighted by Gasteiger charge is 2.32. The summed E-state index contributed by atoms with van der Waals surface area (Å²) in [6.07, 6.45) is 4.00. The maximum atomic E-state index is 14.4. The number of aromatic nitrogens is 4. The third kappa shape index (κ3) is 8.26. The third-order valence-corrected chi connectivity index (χ3v) is 9.43. The molecule has 3 heterocycles. The molecule has 13 heteroatoms. The second-order valence-corrected chi connectivity index (χ2v) is 14.9. The molecule has 4 bridgehead atoms. The second kappa shape index (κ2) is 14.2. The minimum Gasteiger partial charge on any atom is -0.475 e. The summed E-state index contributed by atoms with van der Waals surface area (Å²) < 4.78 is 41.3. The number of hydrogen-bond acceptors (Lipinski definition) is 10. The van der Waals surface area contributed by atoms with Gasteiger partial charge in [0, 0.05) is 37.9 Å². The number of fused-ring (bicyclic) bond motifs is 4. The number of nitrogens with zero attached hydrogens (tertiary/aromatic N) is 6. The molecule has 1 aliphatic rings. The van der Waals surface area contributed by atoms with Gasteiger partial charge in [0.05, 0.1) is 47.9 Å². The fourth-order valence-corrected chi connectivity index (χ4v) is 6.67. The average molecular weight is 674 g/mol. The van der Waals surface area contributed by atoms with Crippen LogP contribution in [-0.4, -0.2) is 79.1 Å². The van der Waals surface area contributed by atoms with Gasteiger partial charge in [-0.1, -0.05) is 45.0 Å². The monoisotopic (exact) mass is 673 g/mol. The molecular formula is C35H43N7O5S. The first-order valence-electron chi connectivity index (χ1n) is 15.8. The minimum absolute atomic E-state index is 0.0723. The van der Waals surface area contributed by atoms with Crippen LogP contribution < -0.4 is 14.4 Å². The van der Waals surface area contributed by atoms with Gasteiger partial charge in [-0.05, 0) is 55.0 Å². The van der Waals surface area contributed by atoms with Crippen LogP contribution in [0.3, 0.4) is 0 Å². The molecule has 1 amide bonds. The zero-order chi connectivity index (χ0) is 34.6. The van der Waals surface area contributed by atoms with Crippen molar-refractivity contribution < 1.29 is 22.7 Å². The first-order chi connectivity index (χ1) is 22.7. The van der Waals surface area contributed by atoms with Crippen molar-refractivity contribution in [3.8, 4) is 17.1 Å². The van der Waals surface area contributed by atoms with E-state index in [0.29, 0.717) is 31.1 Å². The number of rotatable bonds is 8. The van der Waals surface area contributed by atoms with Crippen molar-refractivity contribution in [2.75, 3.05) is 43.5 Å². The van der Waals surface area contributed by atoms with Gasteiger partial charge in [-0.2, -0.15) is 4.98 Å². The molecule has 1 atom stereocenters. The quantitative estimate of drug-likeness (QED) is 0.263. The van der Waals surface area contributed by atoms with Crippen LogP contribution in [0.2, 0.25) is 0 Å². The van der Waals surface area contributed by atoms with Crippen LogP contribution in [0.15, 0.2) is 65.8 Å². The van der Waals surface area contributed by atoms with E-state index in [9.17, 15) is 13.2 Å². The standard InChI is InChI=1S/C35H43N7O5S/c1-23-10-8-11-24(2)32(23)29-17-31-39-34(38-29)40-48(44,45)28-13-9-12-25(16-28)33(43)42(26(22-47-31)18-35(3,4)5)21-30-36-19-27(20-37-30)41(6)14-15-46-7/h8-13,16-17,19-20,26H,14-15,18,21-22H2,1-7H3,(H,38,39,40)/t26-/m1/s1. The molecule has 12 nitrogen and oxygen atoms in total. The van der Waals surface area contributed by atoms with E-state index in [0.717, 1.165) is 22.4 Å². The number of likely N-dealkylation sites (N-methyl/N-ethyl adjacent to an activating group) is 1. The lowest BCUT2D eigenvalue weighted by Crippen LogP contribution is -2.45. The van der Waals surface area contributed by atoms with Crippen molar-refractivity contribution in [2.45, 2.75) is 58.5 Å². The Hall–Kier alpha value is -4.62. The summed E-state index contributed by atoms with van der Waals surface area (Å²) in [6.45, 7) is 11.6. The lowest BCUT2D eigenvalue weighted by Gasteiger charge is -2.35. The van der Waals surface area contributed by atoms with E-state index in [-0.39, 0.29) is 46.8 Å². The van der Waals surface area contributed by atoms with E-state index < -0.39 is 16.1 Å². The summed E-state index contributed by atoms with van der Waals surface area (Å²) in [4.78, 5) is 36.2. The fourth-order valence-electron chi connectivity index (χ4n) is 5.68. The van der Waals surface area contributed by atoms with Gasteiger partial charge in [0.1, 0.15) is 12.4 Å². The summed E-state index contributed by atoms with van der Waals surface area (Å²) in [6, 6.07) is 13.1. The Morgan fingerprint density at radius 3 is 2.40 bits per heavy atom. The highest BCUT2D eigenvalue weighted by atomic mass is 32.2. The number of methoxy groups -OCH3 is 1. The largest absolute Gasteiger partial charge is 0.475 e. The molecule has 48 heavy (non-hydrogen) atoms. The van der Waals surface area contributed by atoms with Gasteiger partial charge in [0.2, 0.25) is 11.8 Å². The topological polar surface area (TPSA) is 140 Å². The Kier molecular flexibility index (Phi) is 10.3. The van der Waals surface area contributed by atoms with Crippen LogP contribution >= 0.6 is 0 Å². The fraction of sp³-hybridized carbons (Fsp3) is 0.400. The number of carbonyl (C=O) groups excluding carboxylic acids is 1. The lowest BCUT2D eigenvalue weighted by molar-refractivity contribution is 0.0505. The van der Waals surface area contributed by atoms with Gasteiger partial charge in [0.15, 0.2) is 0 Å². The molecule has 0 spiro atoms. The molecule has 0 aliphatic carbocycles. The molecule has 2 aromatic heterocycles. The normalized spacial score (nSPS) is 16.2. The number of anilines is 2. The van der Waals surface area contributed by atoms with Gasteiger partial charge in [0.25, 0.3) is 15.9 Å². The highest BCUT2D eigenvalue weighted by molar-refractivity contribution is 7.92. The second-order valence-electron chi connectivity index (χ2n) is 13.2. The zero-order valence-electron chi connectivity index (χ0n) is 28.5. The van der Waals surface area contributed by atoms with Crippen molar-refractivity contribution in [3.05, 3.63) is 83.4 Å². The van der Waals surface area contributed by atoms with E-state index in [4.69, 9.17) is 9.47 Å². The molecule has 1 N–H and O–H groups in total. The van der Waals surface area contributed by atoms with Crippen LogP contribution in [0, 0.1) is 19.3 Å². The Balaban J connectivity index is 1.61. The summed E-state index contributed by atoms with van der Waals surface area (Å²) >= 11 is 0. The Bertz CT molecular complexity index is 1860. The molecule has 2 aromatic carbocycles. The van der Waals surface area contributed by atoms with Crippen molar-refractivity contribution in [1.29, 1.82) is 0 Å². The summed E-state index contributed by atoms with van der Waals surface area (Å²) in [5.74, 6) is 0.109. The Morgan fingerprint density at radius 2 is 1.73 bits per heavy atom. The predicted octanol–water partition coefficient (Wildman–Crippen LogP) is 5.27. The van der Waals surface area contributed by atoms with Crippen LogP contribution in [-0.2, 0) is 21.3 Å². The number of aryl methyl sites for hydroxylation is 2. The minimum atomic E-state index is -4.18. The Labute approximate surface area is 282 Å². The number of carbonyl (C=O) groups is 1. The molecule has 0 fully saturated rings. The molecule has 5 rings (SSSR count). The van der Waals surface area contributed by atoms with E-state index in [2.05, 4.69) is 45.4 Å². The van der Waals surface area contributed by atoms with Crippen molar-refractivity contribution >= 4 is 27.6 Å². The summed E-state index contributed by atoms with van der Waals surface area (Å²) in [7, 11) is -0.603. The molecule has 0 saturated carbocycles. The van der Waals surface area contributed by atoms with E-state index in [1.165, 1.54) is 12.1 Å². The van der Waals surface area contributed by atoms with Crippen LogP contribution in [0.1, 0.15) is 54.5 Å². The van der Waals surface area contributed by atoms with Gasteiger partial charge in [-0.15, -0.1) is 0 Å². The molecular weight excluding hydrogens is 630 g/mol. The van der Waals surface area contributed by atoms with Gasteiger partial charge >= 0.3 is 0 Å². The molecule has 4 aromatic rings. The van der Waals surface area contributed by atoms with E-state index >= 15 is 0 Å². The maximum Gasteiger partial charge on any atom is 0.264 e. The first-order valence-corrected chi connectivity index (χ1v) is 17.3.